The third-order valence-corrected chi connectivity index (χ3v) is 6.74. The normalized spacial score (nSPS) is 13.2. The number of hydrogen-bond donors (Lipinski definition) is 2. The van der Waals surface area contributed by atoms with E-state index in [0.717, 1.165) is 27.8 Å². The first-order valence-electron chi connectivity index (χ1n) is 12.5. The quantitative estimate of drug-likeness (QED) is 0.352. The van der Waals surface area contributed by atoms with Crippen LogP contribution in [0.2, 0.25) is 0 Å². The molecule has 7 nitrogen and oxygen atoms in total. The van der Waals surface area contributed by atoms with Crippen LogP contribution in [0.3, 0.4) is 0 Å². The van der Waals surface area contributed by atoms with Crippen LogP contribution in [-0.2, 0) is 4.79 Å². The smallest absolute Gasteiger partial charge is 0.548 e. The minimum absolute atomic E-state index is 0. The summed E-state index contributed by atoms with van der Waals surface area (Å²) in [5.41, 5.74) is 7.92. The Bertz CT molecular complexity index is 1410. The van der Waals surface area contributed by atoms with E-state index in [-0.39, 0.29) is 18.9 Å². The van der Waals surface area contributed by atoms with Crippen molar-refractivity contribution in [1.82, 2.24) is 15.9 Å². The number of carboxylic acids is 1. The molecule has 0 bridgehead atoms. The Morgan fingerprint density at radius 2 is 1.80 bits per heavy atom. The Balaban J connectivity index is 0.00000441. The van der Waals surface area contributed by atoms with Crippen LogP contribution in [0.5, 0.6) is 5.75 Å². The van der Waals surface area contributed by atoms with Crippen LogP contribution in [-0.4, -0.2) is 35.1 Å². The topological polar surface area (TPSA) is 93.7 Å². The molecule has 0 radical (unpaired) electrons. The summed E-state index contributed by atoms with van der Waals surface area (Å²) < 4.78 is 0. The molecule has 4 rings (SSSR count). The van der Waals surface area contributed by atoms with Crippen LogP contribution in [0, 0.1) is 6.92 Å². The summed E-state index contributed by atoms with van der Waals surface area (Å²) in [5, 5.41) is 15.8. The molecular weight excluding hydrogens is 517 g/mol. The number of aryl methyl sites for hydroxylation is 1. The van der Waals surface area contributed by atoms with E-state index in [4.69, 9.17) is 4.84 Å². The number of hydrogen-bond acceptors (Lipinski definition) is 7. The molecule has 0 saturated carbocycles. The third-order valence-electron chi connectivity index (χ3n) is 6.10. The van der Waals surface area contributed by atoms with E-state index in [1.165, 1.54) is 16.9 Å². The van der Waals surface area contributed by atoms with Gasteiger partial charge in [-0.05, 0) is 83.5 Å². The van der Waals surface area contributed by atoms with Gasteiger partial charge in [-0.1, -0.05) is 60.7 Å². The van der Waals surface area contributed by atoms with E-state index in [1.54, 1.807) is 12.3 Å². The number of allylic oxidation sites excluding steroid dienone is 3. The summed E-state index contributed by atoms with van der Waals surface area (Å²) in [6.45, 7) is 1.98. The van der Waals surface area contributed by atoms with Crippen molar-refractivity contribution in [2.45, 2.75) is 19.4 Å². The summed E-state index contributed by atoms with van der Waals surface area (Å²) >= 11 is 1.52. The second-order valence-electron chi connectivity index (χ2n) is 8.90. The van der Waals surface area contributed by atoms with E-state index in [9.17, 15) is 14.7 Å². The van der Waals surface area contributed by atoms with Crippen molar-refractivity contribution in [2.75, 3.05) is 12.0 Å². The van der Waals surface area contributed by atoms with Gasteiger partial charge in [-0.25, -0.2) is 0 Å². The van der Waals surface area contributed by atoms with Crippen molar-refractivity contribution in [3.63, 3.8) is 0 Å². The van der Waals surface area contributed by atoms with Crippen LogP contribution >= 0.6 is 11.8 Å². The minimum Gasteiger partial charge on any atom is -0.548 e. The summed E-state index contributed by atoms with van der Waals surface area (Å²) in [6, 6.07) is 21.7. The molecule has 1 amide bonds. The molecule has 200 valence electrons. The Kier molecular flexibility index (Phi) is 11.6. The third kappa shape index (κ3) is 8.33. The van der Waals surface area contributed by atoms with Gasteiger partial charge in [0.15, 0.2) is 5.75 Å². The van der Waals surface area contributed by atoms with E-state index in [2.05, 4.69) is 10.7 Å². The van der Waals surface area contributed by atoms with Gasteiger partial charge in [0.05, 0.1) is 18.2 Å². The van der Waals surface area contributed by atoms with Gasteiger partial charge in [0.25, 0.3) is 5.91 Å². The van der Waals surface area contributed by atoms with E-state index in [1.807, 2.05) is 104 Å². The fraction of sp³-hybridized carbons (Fsp3) is 0.161. The number of carboxylic acid groups (broad SMARTS) is 1. The number of nitrogens with one attached hydrogen (secondary N) is 2. The molecule has 1 heterocycles. The van der Waals surface area contributed by atoms with Gasteiger partial charge in [-0.15, -0.1) is 5.17 Å². The fourth-order valence-electron chi connectivity index (χ4n) is 4.01. The number of para-hydroxylation sites is 1. The van der Waals surface area contributed by atoms with Gasteiger partial charge < -0.3 is 20.1 Å². The van der Waals surface area contributed by atoms with Gasteiger partial charge in [0.1, 0.15) is 0 Å². The number of thioether (sulfide) groups is 1. The van der Waals surface area contributed by atoms with E-state index in [0.29, 0.717) is 23.5 Å². The van der Waals surface area contributed by atoms with Crippen LogP contribution in [0.25, 0.3) is 17.2 Å². The predicted octanol–water partition coefficient (Wildman–Crippen LogP) is 1.49. The first-order chi connectivity index (χ1) is 18.9. The van der Waals surface area contributed by atoms with Gasteiger partial charge in [0, 0.05) is 11.8 Å². The number of nitrogens with zero attached hydrogens (tertiary/aromatic N) is 1. The van der Waals surface area contributed by atoms with Crippen molar-refractivity contribution in [2.24, 2.45) is 0 Å². The molecule has 40 heavy (non-hydrogen) atoms. The standard InChI is InChI=1S/C31H31N3O4S.Li/c1-22-8-6-7-11-26(22)28-20-23(14-15-27(28)30(35)33-29(31(36)37)17-19-39-2)12-13-24-16-18-34(32-21-24)38-25-9-4-3-5-10-25;/h3-16,18,20-21,29,32H,17,19H2,1-2H3,(H,33,35)(H,36,37);/q;+1/p-1/t29-;/m0./s1. The van der Waals surface area contributed by atoms with Crippen LogP contribution in [0.1, 0.15) is 27.9 Å². The molecule has 1 aliphatic rings. The van der Waals surface area contributed by atoms with Gasteiger partial charge in [-0.3, -0.25) is 10.2 Å². The first-order valence-corrected chi connectivity index (χ1v) is 13.9. The molecule has 2 N–H and O–H groups in total. The van der Waals surface area contributed by atoms with Crippen molar-refractivity contribution in [3.8, 4) is 16.9 Å². The molecule has 0 aliphatic carbocycles. The second-order valence-corrected chi connectivity index (χ2v) is 9.88. The average molecular weight is 548 g/mol. The Morgan fingerprint density at radius 1 is 1.05 bits per heavy atom. The van der Waals surface area contributed by atoms with Crippen molar-refractivity contribution < 1.29 is 38.4 Å². The molecule has 0 fully saturated rings. The molecular formula is C31H30LiN3O4S. The first kappa shape index (κ1) is 30.7. The summed E-state index contributed by atoms with van der Waals surface area (Å²) in [6.07, 6.45) is 11.6. The van der Waals surface area contributed by atoms with Crippen LogP contribution in [0.15, 0.2) is 103 Å². The average Bonchev–Trinajstić information content (AvgIpc) is 2.95. The maximum Gasteiger partial charge on any atom is 1.00 e. The molecule has 1 aliphatic heterocycles. The molecule has 0 saturated heterocycles. The molecule has 9 heteroatoms. The summed E-state index contributed by atoms with van der Waals surface area (Å²) in [7, 11) is 0. The summed E-state index contributed by atoms with van der Waals surface area (Å²) in [5.74, 6) is -0.419. The second kappa shape index (κ2) is 15.1. The Hall–Kier alpha value is -3.83. The molecule has 0 aromatic heterocycles. The van der Waals surface area contributed by atoms with Crippen molar-refractivity contribution in [1.29, 1.82) is 0 Å². The van der Waals surface area contributed by atoms with Crippen molar-refractivity contribution >= 4 is 29.7 Å². The van der Waals surface area contributed by atoms with Gasteiger partial charge in [-0.2, -0.15) is 11.8 Å². The number of hydrazine groups is 1. The van der Waals surface area contributed by atoms with E-state index >= 15 is 0 Å². The van der Waals surface area contributed by atoms with Crippen molar-refractivity contribution in [3.05, 3.63) is 120 Å². The maximum absolute atomic E-state index is 13.2. The Morgan fingerprint density at radius 3 is 2.48 bits per heavy atom. The predicted molar refractivity (Wildman–Crippen MR) is 154 cm³/mol. The van der Waals surface area contributed by atoms with Gasteiger partial charge >= 0.3 is 18.9 Å². The monoisotopic (exact) mass is 547 g/mol. The van der Waals surface area contributed by atoms with Gasteiger partial charge in [0.2, 0.25) is 0 Å². The molecule has 3 aromatic carbocycles. The number of amides is 1. The zero-order valence-corrected chi connectivity index (χ0v) is 23.6. The fourth-order valence-corrected chi connectivity index (χ4v) is 4.48. The molecule has 0 unspecified atom stereocenters. The molecule has 3 aromatic rings. The number of benzene rings is 3. The molecule has 0 spiro atoms. The maximum atomic E-state index is 13.2. The number of carbonyl (C=O) groups is 2. The van der Waals surface area contributed by atoms with Crippen LogP contribution in [0.4, 0.5) is 0 Å². The Labute approximate surface area is 251 Å². The van der Waals surface area contributed by atoms with Crippen LogP contribution < -0.4 is 39.5 Å². The number of hydroxylamine groups is 1. The largest absolute Gasteiger partial charge is 1.00 e. The number of aliphatic carboxylic acids is 1. The molecule has 1 atom stereocenters. The van der Waals surface area contributed by atoms with E-state index < -0.39 is 17.9 Å². The minimum atomic E-state index is -1.29. The zero-order valence-electron chi connectivity index (χ0n) is 22.8. The SMILES string of the molecule is CSCC[C@H](NC(=O)c1ccc(C=CC2=CNN(Oc3ccccc3)C=C2)cc1-c1ccccc1C)C(=O)[O-].[Li+]. The summed E-state index contributed by atoms with van der Waals surface area (Å²) in [4.78, 5) is 30.6. The number of rotatable bonds is 11. The zero-order chi connectivity index (χ0) is 27.6. The number of carbonyl (C=O) groups excluding carboxylic acids is 2.